The number of carbonyl (C=O) groups excluding carboxylic acids is 3. The number of piperidine rings is 1. The molecule has 36 heavy (non-hydrogen) atoms. The minimum absolute atomic E-state index is 0.0623. The van der Waals surface area contributed by atoms with E-state index in [1.807, 2.05) is 13.8 Å². The molecule has 3 heterocycles. The number of carbonyl (C=O) groups is 3. The van der Waals surface area contributed by atoms with Crippen LogP contribution in [0.15, 0.2) is 36.4 Å². The number of anilines is 1. The number of nitrogens with zero attached hydrogens (tertiary/aromatic N) is 2. The van der Waals surface area contributed by atoms with Crippen molar-refractivity contribution in [2.75, 3.05) is 18.4 Å². The summed E-state index contributed by atoms with van der Waals surface area (Å²) in [5, 5.41) is 4.89. The molecule has 5 rings (SSSR count). The lowest BCUT2D eigenvalue weighted by Crippen LogP contribution is -2.52. The number of fused-ring (bicyclic) bond motifs is 1. The van der Waals surface area contributed by atoms with Gasteiger partial charge in [0.2, 0.25) is 11.8 Å². The van der Waals surface area contributed by atoms with Crippen molar-refractivity contribution in [3.05, 3.63) is 64.5 Å². The lowest BCUT2D eigenvalue weighted by molar-refractivity contribution is -0.136. The van der Waals surface area contributed by atoms with Crippen LogP contribution in [0.2, 0.25) is 0 Å². The standard InChI is InChI=1S/C27H31FN4O4/c1-16-12-31(13-17(2)36-16)14-18-6-7-22(28)19(10-18)11-29-23-5-3-4-20-21(23)15-32(27(20)35)24-8-9-25(33)30-26(24)34/h3-7,10,16-17,24,29H,8-9,11-15H2,1-2H3,(H,30,33,34)/i11D2,24D. The topological polar surface area (TPSA) is 91.0 Å². The highest BCUT2D eigenvalue weighted by Gasteiger charge is 2.39. The molecule has 0 radical (unpaired) electrons. The molecule has 8 nitrogen and oxygen atoms in total. The molecule has 190 valence electrons. The Labute approximate surface area is 214 Å². The second-order valence-corrected chi connectivity index (χ2v) is 9.56. The Balaban J connectivity index is 1.39. The minimum Gasteiger partial charge on any atom is -0.381 e. The number of rotatable bonds is 6. The fourth-order valence-corrected chi connectivity index (χ4v) is 5.11. The lowest BCUT2D eigenvalue weighted by atomic mass is 10.0. The third kappa shape index (κ3) is 4.99. The summed E-state index contributed by atoms with van der Waals surface area (Å²) in [4.78, 5) is 40.6. The summed E-state index contributed by atoms with van der Waals surface area (Å²) in [5.74, 6) is -2.63. The summed E-state index contributed by atoms with van der Waals surface area (Å²) in [6.07, 6.45) is -0.0832. The van der Waals surface area contributed by atoms with Gasteiger partial charge in [-0.1, -0.05) is 12.1 Å². The molecule has 0 aromatic heterocycles. The van der Waals surface area contributed by atoms with Gasteiger partial charge in [-0.15, -0.1) is 0 Å². The molecule has 3 aliphatic heterocycles. The maximum absolute atomic E-state index is 15.0. The van der Waals surface area contributed by atoms with E-state index >= 15 is 0 Å². The van der Waals surface area contributed by atoms with Gasteiger partial charge in [0.25, 0.3) is 5.91 Å². The first-order chi connectivity index (χ1) is 18.4. The first kappa shape index (κ1) is 20.8. The van der Waals surface area contributed by atoms with Gasteiger partial charge in [0.1, 0.15) is 11.8 Å². The number of halogens is 1. The Hall–Kier alpha value is -3.30. The van der Waals surface area contributed by atoms with Crippen molar-refractivity contribution >= 4 is 23.4 Å². The van der Waals surface area contributed by atoms with E-state index in [1.54, 1.807) is 24.3 Å². The van der Waals surface area contributed by atoms with Crippen LogP contribution in [-0.2, 0) is 33.9 Å². The lowest BCUT2D eigenvalue weighted by Gasteiger charge is -2.35. The Morgan fingerprint density at radius 2 is 1.97 bits per heavy atom. The van der Waals surface area contributed by atoms with E-state index in [0.717, 1.165) is 10.5 Å². The zero-order valence-corrected chi connectivity index (χ0v) is 20.3. The number of nitrogens with one attached hydrogen (secondary N) is 2. The summed E-state index contributed by atoms with van der Waals surface area (Å²) in [7, 11) is 0. The molecular formula is C27H31FN4O4. The van der Waals surface area contributed by atoms with Gasteiger partial charge in [0.15, 0.2) is 0 Å². The number of amides is 3. The molecule has 0 bridgehead atoms. The molecule has 2 N–H and O–H groups in total. The Bertz CT molecular complexity index is 1330. The highest BCUT2D eigenvalue weighted by Crippen LogP contribution is 2.32. The fraction of sp³-hybridized carbons (Fsp3) is 0.444. The number of morpholine rings is 1. The number of hydrogen-bond acceptors (Lipinski definition) is 6. The van der Waals surface area contributed by atoms with Crippen LogP contribution in [0, 0.1) is 5.82 Å². The minimum atomic E-state index is -2.34. The van der Waals surface area contributed by atoms with Gasteiger partial charge in [-0.3, -0.25) is 24.6 Å². The van der Waals surface area contributed by atoms with E-state index in [-0.39, 0.29) is 48.4 Å². The van der Waals surface area contributed by atoms with Crippen LogP contribution in [-0.4, -0.2) is 58.8 Å². The van der Waals surface area contributed by atoms with Gasteiger partial charge in [-0.25, -0.2) is 4.39 Å². The van der Waals surface area contributed by atoms with Crippen LogP contribution >= 0.6 is 0 Å². The van der Waals surface area contributed by atoms with Crippen molar-refractivity contribution in [3.8, 4) is 0 Å². The zero-order chi connectivity index (χ0) is 28.1. The Morgan fingerprint density at radius 1 is 1.19 bits per heavy atom. The smallest absolute Gasteiger partial charge is 0.255 e. The summed E-state index contributed by atoms with van der Waals surface area (Å²) in [6, 6.07) is 7.12. The second-order valence-electron chi connectivity index (χ2n) is 9.56. The van der Waals surface area contributed by atoms with Gasteiger partial charge >= 0.3 is 0 Å². The number of benzene rings is 2. The maximum Gasteiger partial charge on any atom is 0.255 e. The van der Waals surface area contributed by atoms with Gasteiger partial charge in [-0.05, 0) is 50.1 Å². The van der Waals surface area contributed by atoms with E-state index in [9.17, 15) is 18.8 Å². The highest BCUT2D eigenvalue weighted by atomic mass is 19.1. The summed E-state index contributed by atoms with van der Waals surface area (Å²) in [6.45, 7) is 3.46. The van der Waals surface area contributed by atoms with Crippen LogP contribution in [0.3, 0.4) is 0 Å². The molecule has 2 fully saturated rings. The Morgan fingerprint density at radius 3 is 2.72 bits per heavy atom. The van der Waals surface area contributed by atoms with Gasteiger partial charge < -0.3 is 15.0 Å². The first-order valence-electron chi connectivity index (χ1n) is 13.6. The van der Waals surface area contributed by atoms with Gasteiger partial charge in [-0.2, -0.15) is 0 Å². The molecule has 3 amide bonds. The van der Waals surface area contributed by atoms with Crippen molar-refractivity contribution in [2.24, 2.45) is 0 Å². The van der Waals surface area contributed by atoms with Crippen LogP contribution in [0.5, 0.6) is 0 Å². The monoisotopic (exact) mass is 497 g/mol. The number of imide groups is 1. The van der Waals surface area contributed by atoms with E-state index in [1.165, 1.54) is 12.1 Å². The van der Waals surface area contributed by atoms with E-state index in [2.05, 4.69) is 15.5 Å². The van der Waals surface area contributed by atoms with Crippen molar-refractivity contribution in [3.63, 3.8) is 0 Å². The second kappa shape index (κ2) is 9.99. The molecule has 0 spiro atoms. The normalized spacial score (nSPS) is 28.2. The molecular weight excluding hydrogens is 463 g/mol. The van der Waals surface area contributed by atoms with E-state index in [0.29, 0.717) is 25.2 Å². The number of ether oxygens (including phenoxy) is 1. The summed E-state index contributed by atoms with van der Waals surface area (Å²) < 4.78 is 46.9. The van der Waals surface area contributed by atoms with Gasteiger partial charge in [0.05, 0.1) is 16.3 Å². The number of hydrogen-bond donors (Lipinski definition) is 2. The summed E-state index contributed by atoms with van der Waals surface area (Å²) >= 11 is 0. The average Bonchev–Trinajstić information content (AvgIpc) is 3.20. The molecule has 0 aliphatic carbocycles. The third-order valence-corrected chi connectivity index (χ3v) is 6.66. The zero-order valence-electron chi connectivity index (χ0n) is 23.3. The molecule has 3 atom stereocenters. The van der Waals surface area contributed by atoms with E-state index < -0.39 is 36.1 Å². The predicted molar refractivity (Wildman–Crippen MR) is 131 cm³/mol. The van der Waals surface area contributed by atoms with Crippen LogP contribution in [0.1, 0.15) is 57.8 Å². The Kier molecular flexibility index (Phi) is 5.78. The quantitative estimate of drug-likeness (QED) is 0.597. The molecule has 9 heteroatoms. The molecule has 3 aliphatic rings. The van der Waals surface area contributed by atoms with Crippen LogP contribution in [0.4, 0.5) is 10.1 Å². The van der Waals surface area contributed by atoms with Crippen LogP contribution in [0.25, 0.3) is 0 Å². The third-order valence-electron chi connectivity index (χ3n) is 6.66. The van der Waals surface area contributed by atoms with Gasteiger partial charge in [0, 0.05) is 61.5 Å². The SMILES string of the molecule is [2H]C([2H])(Nc1cccc2c1CN(C1([2H])CCC(=O)NC1=O)C2=O)c1cc(CN2CC(C)OC(C)C2)ccc1F. The molecule has 3 unspecified atom stereocenters. The first-order valence-corrected chi connectivity index (χ1v) is 12.1. The molecule has 0 saturated carbocycles. The summed E-state index contributed by atoms with van der Waals surface area (Å²) in [5.41, 5.74) is 1.46. The average molecular weight is 498 g/mol. The maximum atomic E-state index is 15.0. The highest BCUT2D eigenvalue weighted by molar-refractivity contribution is 6.06. The van der Waals surface area contributed by atoms with Crippen LogP contribution < -0.4 is 10.6 Å². The van der Waals surface area contributed by atoms with E-state index in [4.69, 9.17) is 8.85 Å². The van der Waals surface area contributed by atoms with Crippen molar-refractivity contribution < 1.29 is 27.6 Å². The molecule has 2 saturated heterocycles. The van der Waals surface area contributed by atoms with Crippen molar-refractivity contribution in [1.82, 2.24) is 15.1 Å². The fourth-order valence-electron chi connectivity index (χ4n) is 5.11. The molecule has 2 aromatic rings. The van der Waals surface area contributed by atoms with Crippen molar-refractivity contribution in [1.29, 1.82) is 0 Å². The molecule has 2 aromatic carbocycles. The van der Waals surface area contributed by atoms with Crippen molar-refractivity contribution in [2.45, 2.75) is 64.5 Å². The largest absolute Gasteiger partial charge is 0.381 e. The predicted octanol–water partition coefficient (Wildman–Crippen LogP) is 2.81.